The summed E-state index contributed by atoms with van der Waals surface area (Å²) in [5.41, 5.74) is 1.05. The van der Waals surface area contributed by atoms with Crippen LogP contribution in [0.1, 0.15) is 0 Å². The number of hydrogen-bond donors (Lipinski definition) is 0. The first-order valence-electron chi connectivity index (χ1n) is 3.08. The van der Waals surface area contributed by atoms with Gasteiger partial charge in [-0.3, -0.25) is 0 Å². The molecule has 6 heteroatoms. The Morgan fingerprint density at radius 1 is 1.17 bits per heavy atom. The predicted octanol–water partition coefficient (Wildman–Crippen LogP) is 1.73. The fraction of sp³-hybridized carbons (Fsp3) is 0. The van der Waals surface area contributed by atoms with Gasteiger partial charge in [-0.2, -0.15) is 5.10 Å². The Hall–Kier alpha value is -1.00. The molecule has 60 valence electrons. The molecular formula is C6H2Cl2N4. The third kappa shape index (κ3) is 1.19. The first-order valence-corrected chi connectivity index (χ1v) is 3.83. The van der Waals surface area contributed by atoms with E-state index < -0.39 is 0 Å². The maximum atomic E-state index is 5.72. The number of fused-ring (bicyclic) bond motifs is 1. The summed E-state index contributed by atoms with van der Waals surface area (Å²) in [4.78, 5) is 7.62. The molecule has 0 amide bonds. The van der Waals surface area contributed by atoms with Gasteiger partial charge in [0.2, 0.25) is 5.28 Å². The van der Waals surface area contributed by atoms with E-state index in [0.29, 0.717) is 11.0 Å². The van der Waals surface area contributed by atoms with Crippen LogP contribution in [0, 0.1) is 0 Å². The molecule has 0 aromatic carbocycles. The van der Waals surface area contributed by atoms with Gasteiger partial charge in [0, 0.05) is 0 Å². The molecule has 0 aliphatic carbocycles. The van der Waals surface area contributed by atoms with Crippen LogP contribution >= 0.6 is 23.2 Å². The van der Waals surface area contributed by atoms with Crippen molar-refractivity contribution in [2.75, 3.05) is 0 Å². The first kappa shape index (κ1) is 7.64. The Morgan fingerprint density at radius 2 is 2.00 bits per heavy atom. The van der Waals surface area contributed by atoms with E-state index in [4.69, 9.17) is 23.2 Å². The van der Waals surface area contributed by atoms with Crippen LogP contribution in [0.25, 0.3) is 11.0 Å². The maximum absolute atomic E-state index is 5.72. The molecular weight excluding hydrogens is 199 g/mol. The zero-order chi connectivity index (χ0) is 8.55. The molecule has 0 aliphatic rings. The predicted molar refractivity (Wildman–Crippen MR) is 45.1 cm³/mol. The van der Waals surface area contributed by atoms with E-state index >= 15 is 0 Å². The van der Waals surface area contributed by atoms with Crippen LogP contribution in [-0.4, -0.2) is 20.2 Å². The van der Waals surface area contributed by atoms with Gasteiger partial charge < -0.3 is 0 Å². The Balaban J connectivity index is 2.89. The largest absolute Gasteiger partial charge is 0.224 e. The zero-order valence-electron chi connectivity index (χ0n) is 5.70. The molecule has 2 rings (SSSR count). The van der Waals surface area contributed by atoms with Crippen LogP contribution in [0.3, 0.4) is 0 Å². The highest BCUT2D eigenvalue weighted by atomic mass is 35.5. The lowest BCUT2D eigenvalue weighted by molar-refractivity contribution is 1.05. The number of halogens is 2. The highest BCUT2D eigenvalue weighted by Gasteiger charge is 2.04. The molecule has 0 atom stereocenters. The van der Waals surface area contributed by atoms with Gasteiger partial charge in [0.1, 0.15) is 5.52 Å². The Morgan fingerprint density at radius 3 is 2.83 bits per heavy atom. The quantitative estimate of drug-likeness (QED) is 0.481. The molecule has 2 aromatic heterocycles. The minimum Gasteiger partial charge on any atom is -0.216 e. The fourth-order valence-corrected chi connectivity index (χ4v) is 1.25. The van der Waals surface area contributed by atoms with Crippen molar-refractivity contribution in [2.24, 2.45) is 0 Å². The molecule has 4 nitrogen and oxygen atoms in total. The van der Waals surface area contributed by atoms with Crippen molar-refractivity contribution in [1.82, 2.24) is 20.2 Å². The summed E-state index contributed by atoms with van der Waals surface area (Å²) in [6.07, 6.45) is 1.52. The van der Waals surface area contributed by atoms with E-state index in [0.717, 1.165) is 0 Å². The number of aromatic nitrogens is 4. The van der Waals surface area contributed by atoms with Gasteiger partial charge >= 0.3 is 0 Å². The molecule has 0 fully saturated rings. The van der Waals surface area contributed by atoms with Crippen LogP contribution < -0.4 is 0 Å². The summed E-state index contributed by atoms with van der Waals surface area (Å²) in [6.45, 7) is 0. The number of nitrogens with zero attached hydrogens (tertiary/aromatic N) is 4. The highest BCUT2D eigenvalue weighted by Crippen LogP contribution is 2.17. The Labute approximate surface area is 77.6 Å². The van der Waals surface area contributed by atoms with E-state index in [1.54, 1.807) is 6.07 Å². The zero-order valence-corrected chi connectivity index (χ0v) is 7.21. The molecule has 2 aromatic rings. The van der Waals surface area contributed by atoms with Crippen LogP contribution in [0.2, 0.25) is 10.4 Å². The van der Waals surface area contributed by atoms with Gasteiger partial charge in [-0.05, 0) is 17.7 Å². The van der Waals surface area contributed by atoms with Crippen LogP contribution in [-0.2, 0) is 0 Å². The molecule has 0 aliphatic heterocycles. The minimum atomic E-state index is 0.112. The van der Waals surface area contributed by atoms with Crippen molar-refractivity contribution in [3.63, 3.8) is 0 Å². The SMILES string of the molecule is Clc1nc(Cl)c2nnccc2n1. The van der Waals surface area contributed by atoms with E-state index in [2.05, 4.69) is 20.2 Å². The molecule has 0 N–H and O–H groups in total. The van der Waals surface area contributed by atoms with E-state index in [9.17, 15) is 0 Å². The normalized spacial score (nSPS) is 10.5. The highest BCUT2D eigenvalue weighted by molar-refractivity contribution is 6.35. The monoisotopic (exact) mass is 200 g/mol. The van der Waals surface area contributed by atoms with Crippen molar-refractivity contribution < 1.29 is 0 Å². The molecule has 0 saturated heterocycles. The lowest BCUT2D eigenvalue weighted by Crippen LogP contribution is -1.90. The van der Waals surface area contributed by atoms with Gasteiger partial charge in [-0.1, -0.05) is 11.6 Å². The summed E-state index contributed by atoms with van der Waals surface area (Å²) >= 11 is 11.3. The second-order valence-corrected chi connectivity index (χ2v) is 2.74. The van der Waals surface area contributed by atoms with Gasteiger partial charge in [0.25, 0.3) is 0 Å². The molecule has 0 bridgehead atoms. The average Bonchev–Trinajstić information content (AvgIpc) is 2.04. The van der Waals surface area contributed by atoms with Crippen LogP contribution in [0.4, 0.5) is 0 Å². The molecule has 0 saturated carbocycles. The van der Waals surface area contributed by atoms with Crippen LogP contribution in [0.5, 0.6) is 0 Å². The molecule has 12 heavy (non-hydrogen) atoms. The van der Waals surface area contributed by atoms with Crippen molar-refractivity contribution in [3.8, 4) is 0 Å². The standard InChI is InChI=1S/C6H2Cl2N4/c7-5-4-3(1-2-9-12-4)10-6(8)11-5/h1-2H. The summed E-state index contributed by atoms with van der Waals surface area (Å²) in [5.74, 6) is 0. The lowest BCUT2D eigenvalue weighted by atomic mass is 10.4. The van der Waals surface area contributed by atoms with Crippen LogP contribution in [0.15, 0.2) is 12.3 Å². The van der Waals surface area contributed by atoms with Crippen molar-refractivity contribution in [3.05, 3.63) is 22.7 Å². The molecule has 2 heterocycles. The maximum Gasteiger partial charge on any atom is 0.224 e. The van der Waals surface area contributed by atoms with Crippen molar-refractivity contribution >= 4 is 34.2 Å². The van der Waals surface area contributed by atoms with E-state index in [1.165, 1.54) is 6.20 Å². The summed E-state index contributed by atoms with van der Waals surface area (Å²) in [5, 5.41) is 7.73. The summed E-state index contributed by atoms with van der Waals surface area (Å²) in [7, 11) is 0. The Bertz CT molecular complexity index is 431. The van der Waals surface area contributed by atoms with Crippen molar-refractivity contribution in [2.45, 2.75) is 0 Å². The summed E-state index contributed by atoms with van der Waals surface area (Å²) in [6, 6.07) is 1.67. The second kappa shape index (κ2) is 2.80. The third-order valence-electron chi connectivity index (χ3n) is 1.30. The van der Waals surface area contributed by atoms with E-state index in [-0.39, 0.29) is 10.4 Å². The van der Waals surface area contributed by atoms with Gasteiger partial charge in [0.15, 0.2) is 5.15 Å². The van der Waals surface area contributed by atoms with Gasteiger partial charge in [-0.25, -0.2) is 9.97 Å². The number of hydrogen-bond acceptors (Lipinski definition) is 4. The van der Waals surface area contributed by atoms with E-state index in [1.807, 2.05) is 0 Å². The smallest absolute Gasteiger partial charge is 0.216 e. The second-order valence-electron chi connectivity index (χ2n) is 2.05. The number of rotatable bonds is 0. The molecule has 0 spiro atoms. The van der Waals surface area contributed by atoms with Crippen molar-refractivity contribution in [1.29, 1.82) is 0 Å². The summed E-state index contributed by atoms with van der Waals surface area (Å²) < 4.78 is 0. The third-order valence-corrected chi connectivity index (χ3v) is 1.73. The minimum absolute atomic E-state index is 0.112. The Kier molecular flexibility index (Phi) is 1.78. The van der Waals surface area contributed by atoms with Gasteiger partial charge in [0.05, 0.1) is 11.7 Å². The lowest BCUT2D eigenvalue weighted by Gasteiger charge is -1.95. The van der Waals surface area contributed by atoms with Gasteiger partial charge in [-0.15, -0.1) is 5.10 Å². The molecule has 0 radical (unpaired) electrons. The first-order chi connectivity index (χ1) is 5.77. The fourth-order valence-electron chi connectivity index (χ4n) is 0.821. The molecule has 0 unspecified atom stereocenters. The average molecular weight is 201 g/mol. The topological polar surface area (TPSA) is 51.6 Å².